The molecular formula is C15H26O3. The van der Waals surface area contributed by atoms with Crippen LogP contribution in [0.25, 0.3) is 0 Å². The Morgan fingerprint density at radius 1 is 1.00 bits per heavy atom. The largest absolute Gasteiger partial charge is 0.390 e. The Labute approximate surface area is 110 Å². The lowest BCUT2D eigenvalue weighted by Gasteiger charge is -2.50. The van der Waals surface area contributed by atoms with E-state index in [4.69, 9.17) is 4.74 Å². The quantitative estimate of drug-likeness (QED) is 0.697. The molecule has 0 radical (unpaired) electrons. The highest BCUT2D eigenvalue weighted by molar-refractivity contribution is 5.18. The Kier molecular flexibility index (Phi) is 2.37. The van der Waals surface area contributed by atoms with Crippen LogP contribution in [-0.2, 0) is 4.74 Å². The Bertz CT molecular complexity index is 376. The van der Waals surface area contributed by atoms with Gasteiger partial charge in [0.1, 0.15) is 0 Å². The summed E-state index contributed by atoms with van der Waals surface area (Å²) in [5.41, 5.74) is -2.31. The standard InChI is InChI=1S/C15H26O3/c1-12(2)10-5-6-14(4,18-12)15(17)8-7-13(3,16)11(15)9-10/h10-11,16-17H,5-9H2,1-4H3/t10-,11+,13-,14+,15+/m1/s1. The molecule has 2 saturated heterocycles. The molecule has 2 N–H and O–H groups in total. The maximum absolute atomic E-state index is 11.2. The second kappa shape index (κ2) is 3.31. The predicted molar refractivity (Wildman–Crippen MR) is 69.2 cm³/mol. The van der Waals surface area contributed by atoms with Crippen LogP contribution in [0.15, 0.2) is 0 Å². The first-order valence-electron chi connectivity index (χ1n) is 7.26. The minimum absolute atomic E-state index is 0.0516. The van der Waals surface area contributed by atoms with Gasteiger partial charge in [-0.15, -0.1) is 0 Å². The molecular weight excluding hydrogens is 228 g/mol. The molecule has 3 heteroatoms. The second-order valence-corrected chi connectivity index (χ2v) is 7.74. The number of aliphatic hydroxyl groups is 2. The molecule has 2 aliphatic heterocycles. The SMILES string of the molecule is CC1(C)O[C@@]2(C)CC[C@@H]1C[C@H]1[C@](C)(O)CC[C@]12O. The molecule has 18 heavy (non-hydrogen) atoms. The normalized spacial score (nSPS) is 58.3. The second-order valence-electron chi connectivity index (χ2n) is 7.74. The molecule has 5 atom stereocenters. The molecule has 4 aliphatic rings. The van der Waals surface area contributed by atoms with E-state index in [9.17, 15) is 10.2 Å². The van der Waals surface area contributed by atoms with Crippen LogP contribution < -0.4 is 0 Å². The summed E-state index contributed by atoms with van der Waals surface area (Å²) in [6.07, 6.45) is 4.22. The van der Waals surface area contributed by atoms with Gasteiger partial charge in [-0.05, 0) is 65.7 Å². The molecule has 4 fully saturated rings. The minimum Gasteiger partial charge on any atom is -0.390 e. The van der Waals surface area contributed by atoms with E-state index in [1.165, 1.54) is 0 Å². The smallest absolute Gasteiger partial charge is 0.0990 e. The molecule has 2 bridgehead atoms. The van der Waals surface area contributed by atoms with Crippen molar-refractivity contribution < 1.29 is 14.9 Å². The first kappa shape index (κ1) is 12.9. The summed E-state index contributed by atoms with van der Waals surface area (Å²) >= 11 is 0. The first-order valence-corrected chi connectivity index (χ1v) is 7.26. The summed E-state index contributed by atoms with van der Waals surface area (Å²) in [5.74, 6) is 0.387. The molecule has 0 aromatic carbocycles. The van der Waals surface area contributed by atoms with Crippen molar-refractivity contribution in [2.45, 2.75) is 82.2 Å². The first-order chi connectivity index (χ1) is 8.11. The Hall–Kier alpha value is -0.120. The summed E-state index contributed by atoms with van der Waals surface area (Å²) in [6.45, 7) is 8.20. The van der Waals surface area contributed by atoms with E-state index in [0.29, 0.717) is 18.8 Å². The van der Waals surface area contributed by atoms with Crippen molar-refractivity contribution in [2.24, 2.45) is 11.8 Å². The van der Waals surface area contributed by atoms with Crippen molar-refractivity contribution in [2.75, 3.05) is 0 Å². The molecule has 0 spiro atoms. The Morgan fingerprint density at radius 2 is 1.67 bits per heavy atom. The van der Waals surface area contributed by atoms with Gasteiger partial charge < -0.3 is 14.9 Å². The minimum atomic E-state index is -0.862. The van der Waals surface area contributed by atoms with Crippen molar-refractivity contribution in [3.63, 3.8) is 0 Å². The molecule has 3 nitrogen and oxygen atoms in total. The number of fused-ring (bicyclic) bond motifs is 2. The summed E-state index contributed by atoms with van der Waals surface area (Å²) in [4.78, 5) is 0. The molecule has 0 amide bonds. The average Bonchev–Trinajstić information content (AvgIpc) is 2.36. The van der Waals surface area contributed by atoms with Crippen molar-refractivity contribution in [3.05, 3.63) is 0 Å². The van der Waals surface area contributed by atoms with Gasteiger partial charge in [0.2, 0.25) is 0 Å². The van der Waals surface area contributed by atoms with Gasteiger partial charge in [0.05, 0.1) is 22.4 Å². The van der Waals surface area contributed by atoms with Gasteiger partial charge in [-0.2, -0.15) is 0 Å². The van der Waals surface area contributed by atoms with Gasteiger partial charge in [0.25, 0.3) is 0 Å². The van der Waals surface area contributed by atoms with Crippen molar-refractivity contribution >= 4 is 0 Å². The van der Waals surface area contributed by atoms with Crippen LogP contribution in [0.4, 0.5) is 0 Å². The van der Waals surface area contributed by atoms with E-state index in [-0.39, 0.29) is 11.5 Å². The molecule has 0 aromatic rings. The van der Waals surface area contributed by atoms with E-state index in [1.54, 1.807) is 0 Å². The van der Waals surface area contributed by atoms with Crippen LogP contribution in [-0.4, -0.2) is 32.6 Å². The molecule has 2 saturated carbocycles. The summed E-state index contributed by atoms with van der Waals surface area (Å²) in [5, 5.41) is 21.8. The number of rotatable bonds is 0. The van der Waals surface area contributed by atoms with Crippen LogP contribution in [0.1, 0.15) is 59.8 Å². The van der Waals surface area contributed by atoms with Gasteiger partial charge in [0.15, 0.2) is 0 Å². The maximum atomic E-state index is 11.2. The number of hydrogen-bond donors (Lipinski definition) is 2. The zero-order chi connectivity index (χ0) is 13.4. The summed E-state index contributed by atoms with van der Waals surface area (Å²) in [6, 6.07) is 0. The number of hydrogen-bond acceptors (Lipinski definition) is 3. The van der Waals surface area contributed by atoms with E-state index < -0.39 is 16.8 Å². The highest BCUT2D eigenvalue weighted by atomic mass is 16.5. The number of ether oxygens (including phenoxy) is 1. The fraction of sp³-hybridized carbons (Fsp3) is 1.00. The topological polar surface area (TPSA) is 49.7 Å². The lowest BCUT2D eigenvalue weighted by molar-refractivity contribution is -0.252. The van der Waals surface area contributed by atoms with Crippen LogP contribution >= 0.6 is 0 Å². The third-order valence-corrected chi connectivity index (χ3v) is 6.22. The lowest BCUT2D eigenvalue weighted by atomic mass is 9.73. The average molecular weight is 254 g/mol. The molecule has 104 valence electrons. The van der Waals surface area contributed by atoms with Gasteiger partial charge in [-0.3, -0.25) is 0 Å². The van der Waals surface area contributed by atoms with Gasteiger partial charge in [0, 0.05) is 5.92 Å². The van der Waals surface area contributed by atoms with Gasteiger partial charge in [-0.25, -0.2) is 0 Å². The van der Waals surface area contributed by atoms with Gasteiger partial charge in [-0.1, -0.05) is 0 Å². The van der Waals surface area contributed by atoms with Gasteiger partial charge >= 0.3 is 0 Å². The monoisotopic (exact) mass is 254 g/mol. The van der Waals surface area contributed by atoms with Crippen molar-refractivity contribution in [1.29, 1.82) is 0 Å². The van der Waals surface area contributed by atoms with Crippen LogP contribution in [0.2, 0.25) is 0 Å². The molecule has 4 rings (SSSR count). The third kappa shape index (κ3) is 1.41. The van der Waals surface area contributed by atoms with Crippen molar-refractivity contribution in [3.8, 4) is 0 Å². The van der Waals surface area contributed by atoms with Crippen LogP contribution in [0.5, 0.6) is 0 Å². The maximum Gasteiger partial charge on any atom is 0.0990 e. The zero-order valence-electron chi connectivity index (χ0n) is 12.0. The highest BCUT2D eigenvalue weighted by Crippen LogP contribution is 2.61. The van der Waals surface area contributed by atoms with Crippen LogP contribution in [0, 0.1) is 11.8 Å². The highest BCUT2D eigenvalue weighted by Gasteiger charge is 2.67. The van der Waals surface area contributed by atoms with E-state index in [0.717, 1.165) is 19.3 Å². The fourth-order valence-corrected chi connectivity index (χ4v) is 4.89. The van der Waals surface area contributed by atoms with Crippen LogP contribution in [0.3, 0.4) is 0 Å². The predicted octanol–water partition coefficient (Wildman–Crippen LogP) is 2.25. The Balaban J connectivity index is 2.10. The Morgan fingerprint density at radius 3 is 2.28 bits per heavy atom. The lowest BCUT2D eigenvalue weighted by Crippen LogP contribution is -2.60. The fourth-order valence-electron chi connectivity index (χ4n) is 4.89. The molecule has 0 aromatic heterocycles. The van der Waals surface area contributed by atoms with Crippen molar-refractivity contribution in [1.82, 2.24) is 0 Å². The molecule has 2 heterocycles. The van der Waals surface area contributed by atoms with E-state index in [1.807, 2.05) is 13.8 Å². The zero-order valence-corrected chi connectivity index (χ0v) is 12.0. The third-order valence-electron chi connectivity index (χ3n) is 6.22. The molecule has 2 aliphatic carbocycles. The summed E-state index contributed by atoms with van der Waals surface area (Å²) < 4.78 is 6.33. The molecule has 0 unspecified atom stereocenters. The van der Waals surface area contributed by atoms with E-state index in [2.05, 4.69) is 13.8 Å². The summed E-state index contributed by atoms with van der Waals surface area (Å²) in [7, 11) is 0. The van der Waals surface area contributed by atoms with E-state index >= 15 is 0 Å².